The molecule has 0 aliphatic rings. The molecule has 2 aromatic heterocycles. The number of hydrogen-bond donors (Lipinski definition) is 1. The molecule has 2 aromatic rings. The zero-order valence-electron chi connectivity index (χ0n) is 6.80. The molecule has 6 heteroatoms. The highest BCUT2D eigenvalue weighted by atomic mass is 16.5. The molecule has 6 nitrogen and oxygen atoms in total. The highest BCUT2D eigenvalue weighted by Gasteiger charge is 2.04. The molecule has 0 unspecified atom stereocenters. The summed E-state index contributed by atoms with van der Waals surface area (Å²) in [5, 5.41) is 9.67. The van der Waals surface area contributed by atoms with Crippen molar-refractivity contribution >= 4 is 11.0 Å². The summed E-state index contributed by atoms with van der Waals surface area (Å²) in [7, 11) is 1.46. The van der Waals surface area contributed by atoms with Gasteiger partial charge in [-0.15, -0.1) is 0 Å². The van der Waals surface area contributed by atoms with E-state index in [0.717, 1.165) is 0 Å². The van der Waals surface area contributed by atoms with Crippen LogP contribution < -0.4 is 4.74 Å². The maximum atomic E-state index is 9.26. The Bertz CT molecular complexity index is 445. The highest BCUT2D eigenvalue weighted by Crippen LogP contribution is 2.18. The molecule has 0 atom stereocenters. The second-order valence-corrected chi connectivity index (χ2v) is 2.29. The Morgan fingerprint density at radius 2 is 2.15 bits per heavy atom. The minimum atomic E-state index is -0.132. The summed E-state index contributed by atoms with van der Waals surface area (Å²) in [4.78, 5) is 15.2. The third kappa shape index (κ3) is 1.22. The van der Waals surface area contributed by atoms with Crippen LogP contribution in [0.1, 0.15) is 0 Å². The van der Waals surface area contributed by atoms with E-state index in [9.17, 15) is 5.11 Å². The van der Waals surface area contributed by atoms with Gasteiger partial charge in [-0.05, 0) is 0 Å². The van der Waals surface area contributed by atoms with Gasteiger partial charge in [0, 0.05) is 6.20 Å². The molecule has 0 fully saturated rings. The Hall–Kier alpha value is -1.98. The van der Waals surface area contributed by atoms with Crippen molar-refractivity contribution in [1.82, 2.24) is 19.9 Å². The predicted octanol–water partition coefficient (Wildman–Crippen LogP) is 0.134. The first-order valence-corrected chi connectivity index (χ1v) is 3.52. The normalized spacial score (nSPS) is 10.2. The zero-order chi connectivity index (χ0) is 9.26. The summed E-state index contributed by atoms with van der Waals surface area (Å²) in [5.74, 6) is -0.132. The van der Waals surface area contributed by atoms with E-state index in [1.807, 2.05) is 0 Å². The van der Waals surface area contributed by atoms with Crippen LogP contribution >= 0.6 is 0 Å². The fourth-order valence-electron chi connectivity index (χ4n) is 0.919. The lowest BCUT2D eigenvalue weighted by atomic mass is 10.4. The average molecular weight is 178 g/mol. The topological polar surface area (TPSA) is 81.0 Å². The molecule has 0 saturated carbocycles. The van der Waals surface area contributed by atoms with Crippen molar-refractivity contribution in [1.29, 1.82) is 0 Å². The van der Waals surface area contributed by atoms with E-state index >= 15 is 0 Å². The molecule has 0 aromatic carbocycles. The molecule has 0 aliphatic heterocycles. The molecule has 0 amide bonds. The van der Waals surface area contributed by atoms with Crippen molar-refractivity contribution < 1.29 is 9.84 Å². The van der Waals surface area contributed by atoms with Crippen LogP contribution in [0.15, 0.2) is 12.5 Å². The van der Waals surface area contributed by atoms with Gasteiger partial charge in [0.25, 0.3) is 0 Å². The second kappa shape index (κ2) is 2.81. The lowest BCUT2D eigenvalue weighted by molar-refractivity contribution is 0.381. The highest BCUT2D eigenvalue weighted by molar-refractivity contribution is 5.78. The van der Waals surface area contributed by atoms with Crippen molar-refractivity contribution in [3.05, 3.63) is 12.5 Å². The molecular formula is C7H6N4O2. The van der Waals surface area contributed by atoms with Crippen molar-refractivity contribution in [2.45, 2.75) is 0 Å². The first-order chi connectivity index (χ1) is 6.31. The largest absolute Gasteiger partial charge is 0.493 e. The van der Waals surface area contributed by atoms with E-state index in [4.69, 9.17) is 4.74 Å². The number of fused-ring (bicyclic) bond motifs is 1. The van der Waals surface area contributed by atoms with Crippen molar-refractivity contribution in [3.8, 4) is 11.9 Å². The maximum absolute atomic E-state index is 9.26. The van der Waals surface area contributed by atoms with Gasteiger partial charge < -0.3 is 9.84 Å². The van der Waals surface area contributed by atoms with Gasteiger partial charge in [0.2, 0.25) is 5.88 Å². The standard InChI is InChI=1S/C7H6N4O2/c1-13-7-8-2-4-5(11-7)9-3-10-6(4)12/h2-3H,1H3,(H,8,9,10,11,12). The number of nitrogens with zero attached hydrogens (tertiary/aromatic N) is 4. The van der Waals surface area contributed by atoms with Crippen molar-refractivity contribution in [2.24, 2.45) is 0 Å². The maximum Gasteiger partial charge on any atom is 0.318 e. The summed E-state index contributed by atoms with van der Waals surface area (Å²) in [6.07, 6.45) is 2.64. The lowest BCUT2D eigenvalue weighted by Crippen LogP contribution is -1.94. The monoisotopic (exact) mass is 178 g/mol. The Morgan fingerprint density at radius 1 is 1.31 bits per heavy atom. The van der Waals surface area contributed by atoms with E-state index < -0.39 is 0 Å². The van der Waals surface area contributed by atoms with Crippen LogP contribution in [0.2, 0.25) is 0 Å². The Morgan fingerprint density at radius 3 is 2.92 bits per heavy atom. The van der Waals surface area contributed by atoms with Gasteiger partial charge in [0.05, 0.1) is 12.5 Å². The van der Waals surface area contributed by atoms with E-state index in [1.54, 1.807) is 0 Å². The van der Waals surface area contributed by atoms with E-state index in [0.29, 0.717) is 11.0 Å². The molecular weight excluding hydrogens is 172 g/mol. The van der Waals surface area contributed by atoms with Gasteiger partial charge in [0.15, 0.2) is 5.65 Å². The molecule has 2 heterocycles. The number of aromatic nitrogens is 4. The van der Waals surface area contributed by atoms with Crippen LogP contribution in [0.25, 0.3) is 11.0 Å². The Kier molecular flexibility index (Phi) is 1.66. The zero-order valence-corrected chi connectivity index (χ0v) is 6.80. The molecule has 0 spiro atoms. The molecule has 0 bridgehead atoms. The summed E-state index contributed by atoms with van der Waals surface area (Å²) >= 11 is 0. The van der Waals surface area contributed by atoms with Crippen LogP contribution in [-0.4, -0.2) is 32.2 Å². The number of rotatable bonds is 1. The fourth-order valence-corrected chi connectivity index (χ4v) is 0.919. The van der Waals surface area contributed by atoms with Gasteiger partial charge >= 0.3 is 6.01 Å². The first-order valence-electron chi connectivity index (χ1n) is 3.52. The molecule has 66 valence electrons. The molecule has 2 rings (SSSR count). The van der Waals surface area contributed by atoms with Gasteiger partial charge in [0.1, 0.15) is 6.33 Å². The van der Waals surface area contributed by atoms with Gasteiger partial charge in [-0.1, -0.05) is 0 Å². The van der Waals surface area contributed by atoms with Crippen LogP contribution in [0, 0.1) is 0 Å². The quantitative estimate of drug-likeness (QED) is 0.668. The van der Waals surface area contributed by atoms with Crippen molar-refractivity contribution in [3.63, 3.8) is 0 Å². The van der Waals surface area contributed by atoms with Crippen LogP contribution in [0.5, 0.6) is 11.9 Å². The third-order valence-corrected chi connectivity index (χ3v) is 1.53. The minimum Gasteiger partial charge on any atom is -0.493 e. The number of aromatic hydroxyl groups is 1. The van der Waals surface area contributed by atoms with Crippen LogP contribution in [-0.2, 0) is 0 Å². The number of ether oxygens (including phenoxy) is 1. The minimum absolute atomic E-state index is 0.132. The lowest BCUT2D eigenvalue weighted by Gasteiger charge is -1.99. The van der Waals surface area contributed by atoms with Crippen LogP contribution in [0.3, 0.4) is 0 Å². The van der Waals surface area contributed by atoms with Crippen molar-refractivity contribution in [2.75, 3.05) is 7.11 Å². The van der Waals surface area contributed by atoms with Crippen LogP contribution in [0.4, 0.5) is 0 Å². The Balaban J connectivity index is 2.72. The smallest absolute Gasteiger partial charge is 0.318 e. The molecule has 1 N–H and O–H groups in total. The summed E-state index contributed by atoms with van der Waals surface area (Å²) in [5.41, 5.74) is 0.361. The predicted molar refractivity (Wildman–Crippen MR) is 43.3 cm³/mol. The van der Waals surface area contributed by atoms with E-state index in [1.165, 1.54) is 19.6 Å². The molecule has 0 aliphatic carbocycles. The fraction of sp³-hybridized carbons (Fsp3) is 0.143. The van der Waals surface area contributed by atoms with E-state index in [2.05, 4.69) is 19.9 Å². The van der Waals surface area contributed by atoms with E-state index in [-0.39, 0.29) is 11.9 Å². The van der Waals surface area contributed by atoms with Gasteiger partial charge in [-0.2, -0.15) is 4.98 Å². The number of methoxy groups -OCH3 is 1. The summed E-state index contributed by atoms with van der Waals surface area (Å²) in [6.45, 7) is 0. The Labute approximate surface area is 73.3 Å². The molecule has 0 saturated heterocycles. The van der Waals surface area contributed by atoms with Gasteiger partial charge in [-0.25, -0.2) is 15.0 Å². The molecule has 0 radical (unpaired) electrons. The SMILES string of the molecule is COc1ncc2c(O)ncnc2n1. The second-order valence-electron chi connectivity index (χ2n) is 2.29. The summed E-state index contributed by atoms with van der Waals surface area (Å²) in [6, 6.07) is 0.214. The van der Waals surface area contributed by atoms with Gasteiger partial charge in [-0.3, -0.25) is 0 Å². The summed E-state index contributed by atoms with van der Waals surface area (Å²) < 4.78 is 4.80. The first kappa shape index (κ1) is 7.66. The molecule has 13 heavy (non-hydrogen) atoms. The third-order valence-electron chi connectivity index (χ3n) is 1.53. The average Bonchev–Trinajstić information content (AvgIpc) is 2.18. The number of hydrogen-bond acceptors (Lipinski definition) is 6.